The third kappa shape index (κ3) is 3.13. The van der Waals surface area contributed by atoms with E-state index in [4.69, 9.17) is 14.2 Å². The van der Waals surface area contributed by atoms with E-state index >= 15 is 0 Å². The average Bonchev–Trinajstić information content (AvgIpc) is 3.26. The van der Waals surface area contributed by atoms with Gasteiger partial charge in [-0.2, -0.15) is 0 Å². The molecule has 0 aromatic carbocycles. The second-order valence-electron chi connectivity index (χ2n) is 14.2. The highest BCUT2D eigenvalue weighted by Gasteiger charge is 2.73. The fourth-order valence-corrected chi connectivity index (χ4v) is 10.7. The van der Waals surface area contributed by atoms with Crippen molar-refractivity contribution in [3.63, 3.8) is 0 Å². The summed E-state index contributed by atoms with van der Waals surface area (Å²) < 4.78 is 18.8. The van der Waals surface area contributed by atoms with Crippen molar-refractivity contribution in [2.75, 3.05) is 6.61 Å². The van der Waals surface area contributed by atoms with Gasteiger partial charge in [0.05, 0.1) is 12.7 Å². The lowest BCUT2D eigenvalue weighted by atomic mass is 9.40. The average molecular weight is 503 g/mol. The molecule has 0 radical (unpaired) electrons. The number of fused-ring (bicyclic) bond motifs is 7. The van der Waals surface area contributed by atoms with Crippen LogP contribution in [0.15, 0.2) is 0 Å². The van der Waals surface area contributed by atoms with Crippen LogP contribution in [0.1, 0.15) is 92.9 Å². The topological polar surface area (TPSA) is 82.1 Å². The van der Waals surface area contributed by atoms with Gasteiger partial charge in [0.1, 0.15) is 11.7 Å². The van der Waals surface area contributed by atoms with Gasteiger partial charge in [0.25, 0.3) is 0 Å². The Bertz CT molecular complexity index is 940. The van der Waals surface area contributed by atoms with E-state index in [1.165, 1.54) is 6.92 Å². The Morgan fingerprint density at radius 2 is 1.81 bits per heavy atom. The van der Waals surface area contributed by atoms with E-state index in [1.54, 1.807) is 0 Å². The molecule has 4 aliphatic carbocycles. The van der Waals surface area contributed by atoms with Crippen LogP contribution in [0.5, 0.6) is 0 Å². The Morgan fingerprint density at radius 1 is 1.06 bits per heavy atom. The highest BCUT2D eigenvalue weighted by Crippen LogP contribution is 2.72. The van der Waals surface area contributed by atoms with Gasteiger partial charge < -0.3 is 19.3 Å². The van der Waals surface area contributed by atoms with E-state index in [-0.39, 0.29) is 47.6 Å². The van der Waals surface area contributed by atoms with Crippen LogP contribution < -0.4 is 0 Å². The Balaban J connectivity index is 1.30. The van der Waals surface area contributed by atoms with Crippen molar-refractivity contribution < 1.29 is 28.9 Å². The van der Waals surface area contributed by atoms with Gasteiger partial charge in [0, 0.05) is 37.0 Å². The molecule has 36 heavy (non-hydrogen) atoms. The van der Waals surface area contributed by atoms with Crippen molar-refractivity contribution in [3.05, 3.63) is 0 Å². The molecule has 4 saturated carbocycles. The van der Waals surface area contributed by atoms with E-state index in [2.05, 4.69) is 34.6 Å². The number of carbonyl (C=O) groups is 2. The predicted molar refractivity (Wildman–Crippen MR) is 134 cm³/mol. The van der Waals surface area contributed by atoms with Gasteiger partial charge in [0.2, 0.25) is 0 Å². The molecule has 6 rings (SSSR count). The molecule has 6 aliphatic rings. The number of ketones is 1. The standard InChI is InChI=1S/C30H46O6/c1-16-7-12-30(34-15-16)18(3)25-23(36-30)13-22-24-17(2)26(32)29(33)14-20(35-19(4)31)8-11-28(29,6)21(24)9-10-27(22,25)5/h16-18,20-25,33H,7-15H2,1-6H3/t16?,17-,18-,20?,21?,22?,23?,24?,25?,27?,28?,29-,30-/m0/s1. The van der Waals surface area contributed by atoms with Crippen molar-refractivity contribution in [2.24, 2.45) is 52.3 Å². The normalized spacial score (nSPS) is 58.1. The second kappa shape index (κ2) is 8.02. The van der Waals surface area contributed by atoms with Crippen molar-refractivity contribution in [2.45, 2.75) is 117 Å². The number of carbonyl (C=O) groups excluding carboxylic acids is 2. The molecule has 9 unspecified atom stereocenters. The number of ether oxygens (including phenoxy) is 3. The molecular formula is C30H46O6. The molecule has 0 aromatic heterocycles. The number of esters is 1. The van der Waals surface area contributed by atoms with Crippen molar-refractivity contribution >= 4 is 11.8 Å². The maximum absolute atomic E-state index is 14.0. The molecule has 0 aromatic rings. The number of hydrogen-bond donors (Lipinski definition) is 1. The van der Waals surface area contributed by atoms with Gasteiger partial charge in [-0.15, -0.1) is 0 Å². The number of Topliss-reactive ketones (excluding diaryl/α,β-unsaturated/α-hetero) is 1. The zero-order valence-corrected chi connectivity index (χ0v) is 23.0. The first kappa shape index (κ1) is 25.3. The molecule has 6 fully saturated rings. The van der Waals surface area contributed by atoms with Crippen LogP contribution in [-0.2, 0) is 23.8 Å². The molecule has 202 valence electrons. The van der Waals surface area contributed by atoms with Crippen molar-refractivity contribution in [1.82, 2.24) is 0 Å². The van der Waals surface area contributed by atoms with Crippen molar-refractivity contribution in [1.29, 1.82) is 0 Å². The predicted octanol–water partition coefficient (Wildman–Crippen LogP) is 4.90. The largest absolute Gasteiger partial charge is 0.462 e. The summed E-state index contributed by atoms with van der Waals surface area (Å²) in [6.45, 7) is 13.5. The van der Waals surface area contributed by atoms with Crippen LogP contribution in [0.25, 0.3) is 0 Å². The smallest absolute Gasteiger partial charge is 0.302 e. The van der Waals surface area contributed by atoms with E-state index in [9.17, 15) is 14.7 Å². The monoisotopic (exact) mass is 502 g/mol. The summed E-state index contributed by atoms with van der Waals surface area (Å²) in [5, 5.41) is 12.0. The summed E-state index contributed by atoms with van der Waals surface area (Å²) in [5.41, 5.74) is -1.78. The third-order valence-corrected chi connectivity index (χ3v) is 12.6. The summed E-state index contributed by atoms with van der Waals surface area (Å²) in [4.78, 5) is 25.6. The minimum atomic E-state index is -1.42. The number of rotatable bonds is 1. The summed E-state index contributed by atoms with van der Waals surface area (Å²) in [6.07, 6.45) is 6.77. The Kier molecular flexibility index (Phi) is 5.64. The lowest BCUT2D eigenvalue weighted by molar-refractivity contribution is -0.274. The first-order valence-electron chi connectivity index (χ1n) is 14.6. The van der Waals surface area contributed by atoms with E-state index in [0.29, 0.717) is 29.6 Å². The minimum absolute atomic E-state index is 0.0283. The summed E-state index contributed by atoms with van der Waals surface area (Å²) in [6, 6.07) is 0. The van der Waals surface area contributed by atoms with Gasteiger partial charge in [0.15, 0.2) is 11.6 Å². The van der Waals surface area contributed by atoms with Gasteiger partial charge in [-0.1, -0.05) is 34.6 Å². The van der Waals surface area contributed by atoms with Crippen molar-refractivity contribution in [3.8, 4) is 0 Å². The maximum Gasteiger partial charge on any atom is 0.302 e. The number of hydrogen-bond acceptors (Lipinski definition) is 6. The first-order chi connectivity index (χ1) is 16.9. The summed E-state index contributed by atoms with van der Waals surface area (Å²) in [7, 11) is 0. The minimum Gasteiger partial charge on any atom is -0.462 e. The van der Waals surface area contributed by atoms with Gasteiger partial charge >= 0.3 is 5.97 Å². The lowest BCUT2D eigenvalue weighted by Gasteiger charge is -2.64. The maximum atomic E-state index is 14.0. The second-order valence-corrected chi connectivity index (χ2v) is 14.2. The van der Waals surface area contributed by atoms with Gasteiger partial charge in [-0.05, 0) is 73.5 Å². The Labute approximate surface area is 216 Å². The van der Waals surface area contributed by atoms with E-state index in [0.717, 1.165) is 51.6 Å². The Morgan fingerprint density at radius 3 is 2.47 bits per heavy atom. The van der Waals surface area contributed by atoms with Crippen LogP contribution >= 0.6 is 0 Å². The fourth-order valence-electron chi connectivity index (χ4n) is 10.7. The molecule has 2 heterocycles. The zero-order chi connectivity index (χ0) is 25.8. The highest BCUT2D eigenvalue weighted by molar-refractivity contribution is 5.91. The highest BCUT2D eigenvalue weighted by atomic mass is 16.7. The molecule has 6 heteroatoms. The number of aliphatic hydroxyl groups is 1. The molecule has 13 atom stereocenters. The van der Waals surface area contributed by atoms with Gasteiger partial charge in [-0.3, -0.25) is 9.59 Å². The van der Waals surface area contributed by atoms with Gasteiger partial charge in [-0.25, -0.2) is 0 Å². The van der Waals surface area contributed by atoms with Crippen LogP contribution in [0.3, 0.4) is 0 Å². The molecular weight excluding hydrogens is 456 g/mol. The molecule has 1 spiro atoms. The molecule has 2 aliphatic heterocycles. The molecule has 0 amide bonds. The summed E-state index contributed by atoms with van der Waals surface area (Å²) in [5.74, 6) is 1.37. The molecule has 2 saturated heterocycles. The first-order valence-corrected chi connectivity index (χ1v) is 14.6. The SMILES string of the molecule is CC(=O)OC1CCC2(C)C3CCC4(C)C(CC5O[C@@]6(CCC(C)CO6)[C@@H](C)C54)C3[C@H](C)C(=O)[C@@]2(O)C1. The zero-order valence-electron chi connectivity index (χ0n) is 23.0. The quantitative estimate of drug-likeness (QED) is 0.514. The van der Waals surface area contributed by atoms with Crippen LogP contribution in [0.4, 0.5) is 0 Å². The molecule has 6 nitrogen and oxygen atoms in total. The lowest BCUT2D eigenvalue weighted by Crippen LogP contribution is -2.69. The third-order valence-electron chi connectivity index (χ3n) is 12.6. The molecule has 1 N–H and O–H groups in total. The fraction of sp³-hybridized carbons (Fsp3) is 0.933. The van der Waals surface area contributed by atoms with Crippen LogP contribution in [0.2, 0.25) is 0 Å². The molecule has 0 bridgehead atoms. The summed E-state index contributed by atoms with van der Waals surface area (Å²) >= 11 is 0. The van der Waals surface area contributed by atoms with E-state index < -0.39 is 16.8 Å². The Hall–Kier alpha value is -0.980. The van der Waals surface area contributed by atoms with E-state index in [1.807, 2.05) is 0 Å². The van der Waals surface area contributed by atoms with Crippen LogP contribution in [0, 0.1) is 52.3 Å². The van der Waals surface area contributed by atoms with Crippen LogP contribution in [-0.4, -0.2) is 47.1 Å².